The second kappa shape index (κ2) is 6.45. The third kappa shape index (κ3) is 3.79. The highest BCUT2D eigenvalue weighted by Crippen LogP contribution is 2.10. The molecule has 1 rings (SSSR count). The van der Waals surface area contributed by atoms with Crippen LogP contribution in [0.4, 0.5) is 0 Å². The van der Waals surface area contributed by atoms with Crippen molar-refractivity contribution < 1.29 is 9.90 Å². The van der Waals surface area contributed by atoms with Crippen LogP contribution in [0.1, 0.15) is 18.7 Å². The number of thiophene rings is 1. The number of hydrogen-bond donors (Lipinski definition) is 1. The predicted molar refractivity (Wildman–Crippen MR) is 67.3 cm³/mol. The molecule has 1 amide bonds. The number of hydrogen-bond acceptors (Lipinski definition) is 3. The van der Waals surface area contributed by atoms with Gasteiger partial charge < -0.3 is 10.0 Å². The van der Waals surface area contributed by atoms with Crippen LogP contribution in [0.25, 0.3) is 6.08 Å². The van der Waals surface area contributed by atoms with Gasteiger partial charge in [-0.2, -0.15) is 0 Å². The van der Waals surface area contributed by atoms with E-state index in [0.717, 1.165) is 4.88 Å². The topological polar surface area (TPSA) is 40.5 Å². The smallest absolute Gasteiger partial charge is 0.246 e. The van der Waals surface area contributed by atoms with Crippen LogP contribution in [-0.4, -0.2) is 35.1 Å². The molecule has 0 bridgehead atoms. The fourth-order valence-corrected chi connectivity index (χ4v) is 1.98. The Morgan fingerprint density at radius 2 is 2.38 bits per heavy atom. The number of carbonyl (C=O) groups is 1. The normalized spacial score (nSPS) is 11.2. The van der Waals surface area contributed by atoms with Gasteiger partial charge in [-0.3, -0.25) is 4.79 Å². The molecular weight excluding hydrogens is 222 g/mol. The largest absolute Gasteiger partial charge is 0.395 e. The van der Waals surface area contributed by atoms with Gasteiger partial charge in [-0.1, -0.05) is 6.07 Å². The van der Waals surface area contributed by atoms with Crippen LogP contribution in [0.15, 0.2) is 23.6 Å². The maximum atomic E-state index is 11.8. The summed E-state index contributed by atoms with van der Waals surface area (Å²) >= 11 is 1.59. The zero-order valence-electron chi connectivity index (χ0n) is 9.59. The molecule has 1 N–H and O–H groups in total. The minimum Gasteiger partial charge on any atom is -0.395 e. The van der Waals surface area contributed by atoms with Crippen molar-refractivity contribution in [3.05, 3.63) is 28.5 Å². The zero-order chi connectivity index (χ0) is 12.0. The Labute approximate surface area is 100 Å². The van der Waals surface area contributed by atoms with E-state index in [4.69, 9.17) is 5.11 Å². The highest BCUT2D eigenvalue weighted by atomic mass is 32.1. The number of carbonyl (C=O) groups excluding carboxylic acids is 1. The number of nitrogens with zero attached hydrogens (tertiary/aromatic N) is 1. The summed E-state index contributed by atoms with van der Waals surface area (Å²) in [6.07, 6.45) is 3.36. The maximum Gasteiger partial charge on any atom is 0.246 e. The summed E-state index contributed by atoms with van der Waals surface area (Å²) < 4.78 is 0. The molecule has 1 heterocycles. The van der Waals surface area contributed by atoms with E-state index < -0.39 is 0 Å². The summed E-state index contributed by atoms with van der Waals surface area (Å²) in [4.78, 5) is 14.5. The Morgan fingerprint density at radius 3 is 2.88 bits per heavy atom. The highest BCUT2D eigenvalue weighted by Gasteiger charge is 2.12. The van der Waals surface area contributed by atoms with E-state index in [1.807, 2.05) is 31.4 Å². The molecule has 0 radical (unpaired) electrons. The van der Waals surface area contributed by atoms with Crippen LogP contribution in [0.5, 0.6) is 0 Å². The molecule has 0 saturated carbocycles. The Morgan fingerprint density at radius 1 is 1.62 bits per heavy atom. The monoisotopic (exact) mass is 239 g/mol. The lowest BCUT2D eigenvalue weighted by molar-refractivity contribution is -0.128. The third-order valence-corrected chi connectivity index (χ3v) is 3.02. The molecule has 0 fully saturated rings. The van der Waals surface area contributed by atoms with Gasteiger partial charge in [-0.15, -0.1) is 11.3 Å². The van der Waals surface area contributed by atoms with Crippen molar-refractivity contribution in [2.75, 3.05) is 13.2 Å². The van der Waals surface area contributed by atoms with Crippen LogP contribution >= 0.6 is 11.3 Å². The molecule has 0 aromatic carbocycles. The first-order valence-electron chi connectivity index (χ1n) is 5.28. The summed E-state index contributed by atoms with van der Waals surface area (Å²) in [5, 5.41) is 10.8. The van der Waals surface area contributed by atoms with Crippen LogP contribution < -0.4 is 0 Å². The van der Waals surface area contributed by atoms with E-state index in [1.165, 1.54) is 0 Å². The van der Waals surface area contributed by atoms with Crippen molar-refractivity contribution in [1.82, 2.24) is 4.90 Å². The molecule has 16 heavy (non-hydrogen) atoms. The lowest BCUT2D eigenvalue weighted by Gasteiger charge is -2.24. The lowest BCUT2D eigenvalue weighted by atomic mass is 10.3. The standard InChI is InChI=1S/C12H17NO2S/c1-10(2)13(7-8-14)12(15)6-5-11-4-3-9-16-11/h3-6,9-10,14H,7-8H2,1-2H3/b6-5+. The first kappa shape index (κ1) is 12.9. The highest BCUT2D eigenvalue weighted by molar-refractivity contribution is 7.10. The van der Waals surface area contributed by atoms with Crippen molar-refractivity contribution >= 4 is 23.3 Å². The van der Waals surface area contributed by atoms with Crippen molar-refractivity contribution in [1.29, 1.82) is 0 Å². The van der Waals surface area contributed by atoms with Crippen LogP contribution in [0.2, 0.25) is 0 Å². The van der Waals surface area contributed by atoms with E-state index in [0.29, 0.717) is 6.54 Å². The molecule has 0 aliphatic heterocycles. The number of aliphatic hydroxyl groups is 1. The Hall–Kier alpha value is -1.13. The molecule has 4 heteroatoms. The van der Waals surface area contributed by atoms with E-state index in [9.17, 15) is 4.79 Å². The molecule has 0 spiro atoms. The number of rotatable bonds is 5. The van der Waals surface area contributed by atoms with Crippen molar-refractivity contribution in [2.45, 2.75) is 19.9 Å². The Kier molecular flexibility index (Phi) is 5.22. The fraction of sp³-hybridized carbons (Fsp3) is 0.417. The summed E-state index contributed by atoms with van der Waals surface area (Å²) in [6.45, 7) is 4.25. The molecule has 0 atom stereocenters. The van der Waals surface area contributed by atoms with Crippen LogP contribution in [0.3, 0.4) is 0 Å². The minimum absolute atomic E-state index is 0.00321. The Balaban J connectivity index is 2.62. The summed E-state index contributed by atoms with van der Waals surface area (Å²) in [7, 11) is 0. The van der Waals surface area contributed by atoms with Crippen molar-refractivity contribution in [2.24, 2.45) is 0 Å². The van der Waals surface area contributed by atoms with E-state index in [-0.39, 0.29) is 18.6 Å². The van der Waals surface area contributed by atoms with Gasteiger partial charge >= 0.3 is 0 Å². The molecule has 1 aromatic heterocycles. The second-order valence-corrected chi connectivity index (χ2v) is 4.68. The second-order valence-electron chi connectivity index (χ2n) is 3.70. The minimum atomic E-state index is -0.0579. The van der Waals surface area contributed by atoms with E-state index in [1.54, 1.807) is 28.4 Å². The average Bonchev–Trinajstić information content (AvgIpc) is 2.75. The average molecular weight is 239 g/mol. The number of aliphatic hydroxyl groups excluding tert-OH is 1. The van der Waals surface area contributed by atoms with Gasteiger partial charge in [0, 0.05) is 23.5 Å². The van der Waals surface area contributed by atoms with Gasteiger partial charge in [-0.25, -0.2) is 0 Å². The van der Waals surface area contributed by atoms with Crippen molar-refractivity contribution in [3.8, 4) is 0 Å². The third-order valence-electron chi connectivity index (χ3n) is 2.18. The summed E-state index contributed by atoms with van der Waals surface area (Å²) in [5.41, 5.74) is 0. The van der Waals surface area contributed by atoms with Gasteiger partial charge in [0.05, 0.1) is 6.61 Å². The SMILES string of the molecule is CC(C)N(CCO)C(=O)/C=C/c1cccs1. The molecule has 88 valence electrons. The first-order chi connectivity index (χ1) is 7.65. The van der Waals surface area contributed by atoms with Crippen molar-refractivity contribution in [3.63, 3.8) is 0 Å². The fourth-order valence-electron chi connectivity index (χ4n) is 1.37. The molecular formula is C12H17NO2S. The predicted octanol–water partition coefficient (Wildman–Crippen LogP) is 1.99. The quantitative estimate of drug-likeness (QED) is 0.798. The van der Waals surface area contributed by atoms with Gasteiger partial charge in [0.1, 0.15) is 0 Å². The molecule has 0 unspecified atom stereocenters. The summed E-state index contributed by atoms with van der Waals surface area (Å²) in [5.74, 6) is -0.0579. The van der Waals surface area contributed by atoms with E-state index >= 15 is 0 Å². The summed E-state index contributed by atoms with van der Waals surface area (Å²) in [6, 6.07) is 4.01. The van der Waals surface area contributed by atoms with Gasteiger partial charge in [0.15, 0.2) is 0 Å². The maximum absolute atomic E-state index is 11.8. The van der Waals surface area contributed by atoms with Crippen LogP contribution in [-0.2, 0) is 4.79 Å². The molecule has 0 aliphatic rings. The Bertz CT molecular complexity index is 344. The van der Waals surface area contributed by atoms with E-state index in [2.05, 4.69) is 0 Å². The molecule has 1 aromatic rings. The molecule has 0 aliphatic carbocycles. The van der Waals surface area contributed by atoms with Gasteiger partial charge in [0.25, 0.3) is 0 Å². The van der Waals surface area contributed by atoms with Gasteiger partial charge in [0.2, 0.25) is 5.91 Å². The van der Waals surface area contributed by atoms with Crippen LogP contribution in [0, 0.1) is 0 Å². The lowest BCUT2D eigenvalue weighted by Crippen LogP contribution is -2.37. The first-order valence-corrected chi connectivity index (χ1v) is 6.16. The molecule has 0 saturated heterocycles. The number of amides is 1. The molecule has 3 nitrogen and oxygen atoms in total. The van der Waals surface area contributed by atoms with Gasteiger partial charge in [-0.05, 0) is 31.4 Å². The zero-order valence-corrected chi connectivity index (χ0v) is 10.4.